The van der Waals surface area contributed by atoms with E-state index in [2.05, 4.69) is 11.8 Å². The molecule has 5 heteroatoms. The maximum Gasteiger partial charge on any atom is 0.237 e. The molecule has 0 saturated carbocycles. The van der Waals surface area contributed by atoms with Crippen molar-refractivity contribution >= 4 is 5.91 Å². The topological polar surface area (TPSA) is 64.8 Å². The Labute approximate surface area is 113 Å². The number of nitrogens with zero attached hydrogens (tertiary/aromatic N) is 1. The summed E-state index contributed by atoms with van der Waals surface area (Å²) >= 11 is 0. The zero-order chi connectivity index (χ0) is 13.8. The zero-order valence-electron chi connectivity index (χ0n) is 11.3. The first-order valence-electron chi connectivity index (χ1n) is 6.40. The second-order valence-corrected chi connectivity index (χ2v) is 4.68. The lowest BCUT2D eigenvalue weighted by atomic mass is 10.0. The molecule has 1 saturated heterocycles. The van der Waals surface area contributed by atoms with Crippen LogP contribution in [0.25, 0.3) is 0 Å². The number of morpholine rings is 1. The summed E-state index contributed by atoms with van der Waals surface area (Å²) in [6.45, 7) is 3.75. The summed E-state index contributed by atoms with van der Waals surface area (Å²) < 4.78 is 10.6. The SMILES string of the molecule is COc1cccc([C@@H](C)N2CCOCC2C(N)=O)c1. The number of primary amides is 1. The zero-order valence-corrected chi connectivity index (χ0v) is 11.3. The van der Waals surface area contributed by atoms with E-state index in [1.165, 1.54) is 0 Å². The first kappa shape index (κ1) is 13.8. The first-order chi connectivity index (χ1) is 9.13. The predicted octanol–water partition coefficient (Wildman–Crippen LogP) is 0.942. The molecule has 2 atom stereocenters. The molecule has 0 radical (unpaired) electrons. The van der Waals surface area contributed by atoms with Crippen molar-refractivity contribution in [1.29, 1.82) is 0 Å². The lowest BCUT2D eigenvalue weighted by molar-refractivity contribution is -0.131. The van der Waals surface area contributed by atoms with E-state index < -0.39 is 0 Å². The molecule has 1 unspecified atom stereocenters. The van der Waals surface area contributed by atoms with Crippen molar-refractivity contribution in [3.8, 4) is 5.75 Å². The number of benzene rings is 1. The van der Waals surface area contributed by atoms with Gasteiger partial charge in [-0.3, -0.25) is 9.69 Å². The number of hydrogen-bond donors (Lipinski definition) is 1. The van der Waals surface area contributed by atoms with E-state index in [0.717, 1.165) is 11.3 Å². The van der Waals surface area contributed by atoms with Crippen molar-refractivity contribution in [3.63, 3.8) is 0 Å². The summed E-state index contributed by atoms with van der Waals surface area (Å²) in [6.07, 6.45) is 0. The second kappa shape index (κ2) is 6.04. The van der Waals surface area contributed by atoms with Crippen LogP contribution in [0, 0.1) is 0 Å². The van der Waals surface area contributed by atoms with Gasteiger partial charge in [-0.2, -0.15) is 0 Å². The van der Waals surface area contributed by atoms with E-state index >= 15 is 0 Å². The van der Waals surface area contributed by atoms with Gasteiger partial charge in [-0.05, 0) is 24.6 Å². The second-order valence-electron chi connectivity index (χ2n) is 4.68. The third kappa shape index (κ3) is 3.05. The van der Waals surface area contributed by atoms with E-state index in [9.17, 15) is 4.79 Å². The summed E-state index contributed by atoms with van der Waals surface area (Å²) in [4.78, 5) is 13.6. The predicted molar refractivity (Wildman–Crippen MR) is 71.9 cm³/mol. The van der Waals surface area contributed by atoms with Crippen LogP contribution in [-0.2, 0) is 9.53 Å². The minimum atomic E-state index is -0.366. The first-order valence-corrected chi connectivity index (χ1v) is 6.40. The fourth-order valence-electron chi connectivity index (χ4n) is 2.42. The van der Waals surface area contributed by atoms with E-state index in [4.69, 9.17) is 15.2 Å². The lowest BCUT2D eigenvalue weighted by Gasteiger charge is -2.38. The summed E-state index contributed by atoms with van der Waals surface area (Å²) in [5, 5.41) is 0. The van der Waals surface area contributed by atoms with Crippen LogP contribution in [0.2, 0.25) is 0 Å². The Bertz CT molecular complexity index is 450. The van der Waals surface area contributed by atoms with Crippen LogP contribution in [0.15, 0.2) is 24.3 Å². The maximum absolute atomic E-state index is 11.5. The fourth-order valence-corrected chi connectivity index (χ4v) is 2.42. The fraction of sp³-hybridized carbons (Fsp3) is 0.500. The molecule has 1 aromatic carbocycles. The molecule has 19 heavy (non-hydrogen) atoms. The van der Waals surface area contributed by atoms with Crippen molar-refractivity contribution in [1.82, 2.24) is 4.90 Å². The number of ether oxygens (including phenoxy) is 2. The van der Waals surface area contributed by atoms with Gasteiger partial charge >= 0.3 is 0 Å². The highest BCUT2D eigenvalue weighted by Gasteiger charge is 2.31. The molecule has 1 heterocycles. The number of methoxy groups -OCH3 is 1. The highest BCUT2D eigenvalue weighted by atomic mass is 16.5. The van der Waals surface area contributed by atoms with Gasteiger partial charge < -0.3 is 15.2 Å². The molecule has 1 fully saturated rings. The third-order valence-electron chi connectivity index (χ3n) is 3.57. The van der Waals surface area contributed by atoms with Gasteiger partial charge in [0.15, 0.2) is 0 Å². The van der Waals surface area contributed by atoms with Crippen LogP contribution < -0.4 is 10.5 Å². The number of amides is 1. The highest BCUT2D eigenvalue weighted by Crippen LogP contribution is 2.26. The van der Waals surface area contributed by atoms with Crippen LogP contribution >= 0.6 is 0 Å². The largest absolute Gasteiger partial charge is 0.497 e. The van der Waals surface area contributed by atoms with Crippen LogP contribution in [0.4, 0.5) is 0 Å². The maximum atomic E-state index is 11.5. The van der Waals surface area contributed by atoms with Gasteiger partial charge in [-0.1, -0.05) is 12.1 Å². The van der Waals surface area contributed by atoms with E-state index in [1.54, 1.807) is 7.11 Å². The average molecular weight is 264 g/mol. The van der Waals surface area contributed by atoms with Gasteiger partial charge in [-0.15, -0.1) is 0 Å². The molecule has 1 aromatic rings. The van der Waals surface area contributed by atoms with E-state index in [0.29, 0.717) is 19.8 Å². The molecule has 1 amide bonds. The minimum Gasteiger partial charge on any atom is -0.497 e. The normalized spacial score (nSPS) is 21.9. The molecule has 1 aliphatic rings. The summed E-state index contributed by atoms with van der Waals surface area (Å²) in [7, 11) is 1.64. The number of rotatable bonds is 4. The third-order valence-corrected chi connectivity index (χ3v) is 3.57. The minimum absolute atomic E-state index is 0.0940. The Morgan fingerprint density at radius 3 is 3.05 bits per heavy atom. The van der Waals surface area contributed by atoms with Crippen LogP contribution in [0.1, 0.15) is 18.5 Å². The Kier molecular flexibility index (Phi) is 4.39. The van der Waals surface area contributed by atoms with Gasteiger partial charge in [-0.25, -0.2) is 0 Å². The standard InChI is InChI=1S/C14H20N2O3/c1-10(11-4-3-5-12(8-11)18-2)16-6-7-19-9-13(16)14(15)17/h3-5,8,10,13H,6-7,9H2,1-2H3,(H2,15,17)/t10-,13?/m1/s1. The highest BCUT2D eigenvalue weighted by molar-refractivity contribution is 5.80. The molecular formula is C14H20N2O3. The Hall–Kier alpha value is -1.59. The molecule has 2 rings (SSSR count). The average Bonchev–Trinajstić information content (AvgIpc) is 2.46. The molecule has 0 aromatic heterocycles. The van der Waals surface area contributed by atoms with Gasteiger partial charge in [0.05, 0.1) is 20.3 Å². The number of carbonyl (C=O) groups excluding carboxylic acids is 1. The Balaban J connectivity index is 2.20. The van der Waals surface area contributed by atoms with Gasteiger partial charge in [0.2, 0.25) is 5.91 Å². The van der Waals surface area contributed by atoms with E-state index in [1.807, 2.05) is 24.3 Å². The van der Waals surface area contributed by atoms with Crippen molar-refractivity contribution in [2.45, 2.75) is 19.0 Å². The monoisotopic (exact) mass is 264 g/mol. The van der Waals surface area contributed by atoms with Crippen molar-refractivity contribution in [3.05, 3.63) is 29.8 Å². The Morgan fingerprint density at radius 2 is 2.37 bits per heavy atom. The van der Waals surface area contributed by atoms with Crippen molar-refractivity contribution in [2.24, 2.45) is 5.73 Å². The quantitative estimate of drug-likeness (QED) is 0.879. The molecule has 5 nitrogen and oxygen atoms in total. The number of carbonyl (C=O) groups is 1. The smallest absolute Gasteiger partial charge is 0.237 e. The molecule has 0 bridgehead atoms. The van der Waals surface area contributed by atoms with Crippen molar-refractivity contribution < 1.29 is 14.3 Å². The molecule has 1 aliphatic heterocycles. The van der Waals surface area contributed by atoms with E-state index in [-0.39, 0.29) is 18.0 Å². The van der Waals surface area contributed by atoms with Crippen LogP contribution in [0.5, 0.6) is 5.75 Å². The van der Waals surface area contributed by atoms with Crippen LogP contribution in [0.3, 0.4) is 0 Å². The number of hydrogen-bond acceptors (Lipinski definition) is 4. The molecular weight excluding hydrogens is 244 g/mol. The van der Waals surface area contributed by atoms with Crippen molar-refractivity contribution in [2.75, 3.05) is 26.9 Å². The number of nitrogens with two attached hydrogens (primary N) is 1. The van der Waals surface area contributed by atoms with Gasteiger partial charge in [0.1, 0.15) is 11.8 Å². The van der Waals surface area contributed by atoms with Crippen LogP contribution in [-0.4, -0.2) is 43.7 Å². The molecule has 0 aliphatic carbocycles. The lowest BCUT2D eigenvalue weighted by Crippen LogP contribution is -2.53. The molecule has 104 valence electrons. The Morgan fingerprint density at radius 1 is 1.58 bits per heavy atom. The summed E-state index contributed by atoms with van der Waals surface area (Å²) in [5.41, 5.74) is 6.55. The summed E-state index contributed by atoms with van der Waals surface area (Å²) in [5.74, 6) is 0.475. The molecule has 2 N–H and O–H groups in total. The summed E-state index contributed by atoms with van der Waals surface area (Å²) in [6, 6.07) is 7.59. The van der Waals surface area contributed by atoms with Gasteiger partial charge in [0.25, 0.3) is 0 Å². The van der Waals surface area contributed by atoms with Gasteiger partial charge in [0, 0.05) is 12.6 Å². The molecule has 0 spiro atoms.